The van der Waals surface area contributed by atoms with E-state index in [1.807, 2.05) is 44.2 Å². The van der Waals surface area contributed by atoms with E-state index >= 15 is 0 Å². The first-order valence-electron chi connectivity index (χ1n) is 10.8. The Morgan fingerprint density at radius 3 is 2.29 bits per heavy atom. The summed E-state index contributed by atoms with van der Waals surface area (Å²) in [5, 5.41) is 21.8. The fourth-order valence-corrected chi connectivity index (χ4v) is 4.05. The van der Waals surface area contributed by atoms with Crippen molar-refractivity contribution >= 4 is 22.6 Å². The SMILES string of the molecule is CCC(O)(CC)C(=O)N1CCN(c2nc(-c3ccccc3O)nc3ccccc23)CC1. The molecule has 0 bridgehead atoms. The number of phenolic OH excluding ortho intramolecular Hbond substituents is 1. The van der Waals surface area contributed by atoms with Crippen LogP contribution in [0, 0.1) is 0 Å². The highest BCUT2D eigenvalue weighted by atomic mass is 16.3. The monoisotopic (exact) mass is 420 g/mol. The van der Waals surface area contributed by atoms with Gasteiger partial charge in [-0.15, -0.1) is 0 Å². The zero-order chi connectivity index (χ0) is 22.0. The van der Waals surface area contributed by atoms with Gasteiger partial charge in [0.2, 0.25) is 0 Å². The molecule has 0 saturated carbocycles. The molecular weight excluding hydrogens is 392 g/mol. The van der Waals surface area contributed by atoms with Gasteiger partial charge in [-0.05, 0) is 37.1 Å². The number of amides is 1. The first-order valence-corrected chi connectivity index (χ1v) is 10.8. The van der Waals surface area contributed by atoms with Crippen molar-refractivity contribution in [1.29, 1.82) is 0 Å². The third-order valence-corrected chi connectivity index (χ3v) is 6.16. The fraction of sp³-hybridized carbons (Fsp3) is 0.375. The summed E-state index contributed by atoms with van der Waals surface area (Å²) < 4.78 is 0. The zero-order valence-corrected chi connectivity index (χ0v) is 18.0. The molecule has 1 saturated heterocycles. The number of aliphatic hydroxyl groups is 1. The van der Waals surface area contributed by atoms with Crippen LogP contribution >= 0.6 is 0 Å². The van der Waals surface area contributed by atoms with Crippen molar-refractivity contribution in [2.75, 3.05) is 31.1 Å². The van der Waals surface area contributed by atoms with Crippen LogP contribution in [0.2, 0.25) is 0 Å². The van der Waals surface area contributed by atoms with Gasteiger partial charge in [-0.25, -0.2) is 9.97 Å². The van der Waals surface area contributed by atoms with E-state index in [1.54, 1.807) is 23.1 Å². The Bertz CT molecular complexity index is 1090. The van der Waals surface area contributed by atoms with Gasteiger partial charge in [-0.2, -0.15) is 0 Å². The van der Waals surface area contributed by atoms with E-state index in [0.717, 1.165) is 16.7 Å². The molecule has 0 radical (unpaired) electrons. The number of fused-ring (bicyclic) bond motifs is 1. The third-order valence-electron chi connectivity index (χ3n) is 6.16. The Hall–Kier alpha value is -3.19. The molecule has 0 spiro atoms. The number of anilines is 1. The van der Waals surface area contributed by atoms with Crippen LogP contribution in [0.4, 0.5) is 5.82 Å². The molecule has 0 unspecified atom stereocenters. The summed E-state index contributed by atoms with van der Waals surface area (Å²) in [5.74, 6) is 1.20. The van der Waals surface area contributed by atoms with E-state index in [9.17, 15) is 15.0 Å². The number of hydrogen-bond donors (Lipinski definition) is 2. The average molecular weight is 421 g/mol. The first-order chi connectivity index (χ1) is 15.0. The summed E-state index contributed by atoms with van der Waals surface area (Å²) in [6, 6.07) is 14.9. The van der Waals surface area contributed by atoms with Crippen LogP contribution in [0.5, 0.6) is 5.75 Å². The highest BCUT2D eigenvalue weighted by Gasteiger charge is 2.37. The van der Waals surface area contributed by atoms with Gasteiger partial charge in [-0.1, -0.05) is 38.1 Å². The van der Waals surface area contributed by atoms with Crippen molar-refractivity contribution in [2.24, 2.45) is 0 Å². The molecule has 7 nitrogen and oxygen atoms in total. The van der Waals surface area contributed by atoms with Crippen molar-refractivity contribution < 1.29 is 15.0 Å². The number of aromatic hydroxyl groups is 1. The second-order valence-corrected chi connectivity index (χ2v) is 7.92. The number of carbonyl (C=O) groups is 1. The summed E-state index contributed by atoms with van der Waals surface area (Å²) in [5.41, 5.74) is 0.0943. The molecule has 162 valence electrons. The maximum atomic E-state index is 12.8. The summed E-state index contributed by atoms with van der Waals surface area (Å²) in [6.07, 6.45) is 0.812. The average Bonchev–Trinajstić information content (AvgIpc) is 2.82. The number of piperazine rings is 1. The molecule has 1 fully saturated rings. The molecule has 7 heteroatoms. The minimum absolute atomic E-state index is 0.137. The molecule has 1 aromatic heterocycles. The van der Waals surface area contributed by atoms with Gasteiger partial charge in [0.1, 0.15) is 17.2 Å². The van der Waals surface area contributed by atoms with Crippen molar-refractivity contribution in [1.82, 2.24) is 14.9 Å². The number of carbonyl (C=O) groups excluding carboxylic acids is 1. The lowest BCUT2D eigenvalue weighted by atomic mass is 9.95. The number of phenols is 1. The first kappa shape index (κ1) is 21.1. The van der Waals surface area contributed by atoms with Gasteiger partial charge in [-0.3, -0.25) is 4.79 Å². The molecular formula is C24H28N4O3. The summed E-state index contributed by atoms with van der Waals surface area (Å²) >= 11 is 0. The normalized spacial score (nSPS) is 14.8. The molecule has 1 aliphatic heterocycles. The quantitative estimate of drug-likeness (QED) is 0.659. The summed E-state index contributed by atoms with van der Waals surface area (Å²) in [7, 11) is 0. The van der Waals surface area contributed by atoms with Crippen molar-refractivity contribution in [3.05, 3.63) is 48.5 Å². The van der Waals surface area contributed by atoms with Gasteiger partial charge in [0, 0.05) is 31.6 Å². The lowest BCUT2D eigenvalue weighted by Crippen LogP contribution is -2.55. The lowest BCUT2D eigenvalue weighted by Gasteiger charge is -2.39. The molecule has 1 amide bonds. The number of para-hydroxylation sites is 2. The van der Waals surface area contributed by atoms with Gasteiger partial charge in [0.25, 0.3) is 5.91 Å². The van der Waals surface area contributed by atoms with Crippen LogP contribution in [0.1, 0.15) is 26.7 Å². The van der Waals surface area contributed by atoms with Gasteiger partial charge < -0.3 is 20.0 Å². The van der Waals surface area contributed by atoms with Crippen LogP contribution in [0.3, 0.4) is 0 Å². The molecule has 0 aliphatic carbocycles. The van der Waals surface area contributed by atoms with Crippen LogP contribution < -0.4 is 4.90 Å². The Balaban J connectivity index is 1.65. The summed E-state index contributed by atoms with van der Waals surface area (Å²) in [6.45, 7) is 5.93. The topological polar surface area (TPSA) is 89.8 Å². The second-order valence-electron chi connectivity index (χ2n) is 7.92. The van der Waals surface area contributed by atoms with Crippen LogP contribution in [0.15, 0.2) is 48.5 Å². The lowest BCUT2D eigenvalue weighted by molar-refractivity contribution is -0.152. The number of hydrogen-bond acceptors (Lipinski definition) is 6. The van der Waals surface area contributed by atoms with Gasteiger partial charge in [0.05, 0.1) is 11.1 Å². The number of rotatable bonds is 5. The Labute approximate surface area is 182 Å². The van der Waals surface area contributed by atoms with E-state index in [0.29, 0.717) is 50.4 Å². The molecule has 2 heterocycles. The number of aromatic nitrogens is 2. The number of benzene rings is 2. The predicted octanol–water partition coefficient (Wildman–Crippen LogP) is 3.20. The Morgan fingerprint density at radius 2 is 1.61 bits per heavy atom. The van der Waals surface area contributed by atoms with Gasteiger partial charge in [0.15, 0.2) is 5.82 Å². The van der Waals surface area contributed by atoms with Crippen LogP contribution in [-0.2, 0) is 4.79 Å². The number of nitrogens with zero attached hydrogens (tertiary/aromatic N) is 4. The molecule has 3 aromatic rings. The molecule has 4 rings (SSSR count). The van der Waals surface area contributed by atoms with E-state index in [2.05, 4.69) is 9.88 Å². The van der Waals surface area contributed by atoms with E-state index < -0.39 is 5.60 Å². The smallest absolute Gasteiger partial charge is 0.254 e. The highest BCUT2D eigenvalue weighted by molar-refractivity contribution is 5.91. The molecule has 2 aromatic carbocycles. The third kappa shape index (κ3) is 3.93. The van der Waals surface area contributed by atoms with E-state index in [1.165, 1.54) is 0 Å². The van der Waals surface area contributed by atoms with Gasteiger partial charge >= 0.3 is 0 Å². The van der Waals surface area contributed by atoms with Crippen LogP contribution in [-0.4, -0.2) is 62.8 Å². The molecule has 31 heavy (non-hydrogen) atoms. The zero-order valence-electron chi connectivity index (χ0n) is 18.0. The summed E-state index contributed by atoms with van der Waals surface area (Å²) in [4.78, 5) is 26.2. The Kier molecular flexibility index (Phi) is 5.78. The fourth-order valence-electron chi connectivity index (χ4n) is 4.05. The standard InChI is InChI=1S/C24H28N4O3/c1-3-24(31,4-2)23(30)28-15-13-27(14-16-28)22-17-9-5-7-11-19(17)25-21(26-22)18-10-6-8-12-20(18)29/h5-12,29,31H,3-4,13-16H2,1-2H3. The predicted molar refractivity (Wildman–Crippen MR) is 121 cm³/mol. The molecule has 0 atom stereocenters. The minimum Gasteiger partial charge on any atom is -0.507 e. The minimum atomic E-state index is -1.29. The maximum Gasteiger partial charge on any atom is 0.254 e. The second kappa shape index (κ2) is 8.51. The Morgan fingerprint density at radius 1 is 0.968 bits per heavy atom. The maximum absolute atomic E-state index is 12.8. The van der Waals surface area contributed by atoms with E-state index in [4.69, 9.17) is 4.98 Å². The van der Waals surface area contributed by atoms with Crippen molar-refractivity contribution in [2.45, 2.75) is 32.3 Å². The van der Waals surface area contributed by atoms with Crippen molar-refractivity contribution in [3.63, 3.8) is 0 Å². The molecule has 1 aliphatic rings. The van der Waals surface area contributed by atoms with Crippen molar-refractivity contribution in [3.8, 4) is 17.1 Å². The highest BCUT2D eigenvalue weighted by Crippen LogP contribution is 2.32. The van der Waals surface area contributed by atoms with E-state index in [-0.39, 0.29) is 11.7 Å². The molecule has 2 N–H and O–H groups in total. The largest absolute Gasteiger partial charge is 0.507 e. The van der Waals surface area contributed by atoms with Crippen LogP contribution in [0.25, 0.3) is 22.3 Å².